The molecular weight excluding hydrogens is 380 g/mol. The predicted octanol–water partition coefficient (Wildman–Crippen LogP) is 3.51. The average molecular weight is 402 g/mol. The molecule has 0 radical (unpaired) electrons. The first-order valence-electron chi connectivity index (χ1n) is 8.60. The summed E-state index contributed by atoms with van der Waals surface area (Å²) < 4.78 is 38.5. The van der Waals surface area contributed by atoms with Gasteiger partial charge in [-0.05, 0) is 12.1 Å². The lowest BCUT2D eigenvalue weighted by Crippen LogP contribution is -2.05. The Kier molecular flexibility index (Phi) is 5.72. The van der Waals surface area contributed by atoms with E-state index in [0.717, 1.165) is 0 Å². The lowest BCUT2D eigenvalue weighted by molar-refractivity contribution is 0.319. The summed E-state index contributed by atoms with van der Waals surface area (Å²) in [6, 6.07) is 6.28. The van der Waals surface area contributed by atoms with E-state index in [1.54, 1.807) is 18.2 Å². The molecule has 1 aromatic heterocycles. The third-order valence-corrected chi connectivity index (χ3v) is 4.50. The fourth-order valence-corrected chi connectivity index (χ4v) is 3.22. The number of hydrogen-bond acceptors (Lipinski definition) is 8. The van der Waals surface area contributed by atoms with Crippen LogP contribution in [0.5, 0.6) is 34.5 Å². The highest BCUT2D eigenvalue weighted by atomic mass is 16.5. The Labute approximate surface area is 167 Å². The molecule has 0 fully saturated rings. The number of fused-ring (bicyclic) bond motifs is 1. The Bertz CT molecular complexity index is 1100. The van der Waals surface area contributed by atoms with Crippen LogP contribution in [0.25, 0.3) is 22.3 Å². The normalized spacial score (nSPS) is 10.6. The molecule has 0 saturated carbocycles. The fraction of sp³-hybridized carbons (Fsp3) is 0.286. The highest BCUT2D eigenvalue weighted by molar-refractivity contribution is 5.89. The van der Waals surface area contributed by atoms with Crippen LogP contribution in [0.3, 0.4) is 0 Å². The van der Waals surface area contributed by atoms with E-state index in [9.17, 15) is 4.79 Å². The number of rotatable bonds is 7. The molecular formula is C21H22O8. The molecule has 0 aliphatic carbocycles. The SMILES string of the molecule is COc1cc(OC)c(-c2cc(=O)c3c(OC)c(OC)ccc3o2)c(OC)c1OC. The first kappa shape index (κ1) is 20.2. The Morgan fingerprint density at radius 1 is 0.655 bits per heavy atom. The van der Waals surface area contributed by atoms with Crippen molar-refractivity contribution in [2.75, 3.05) is 42.7 Å². The molecule has 0 atom stereocenters. The molecule has 0 spiro atoms. The molecule has 0 aliphatic rings. The zero-order chi connectivity index (χ0) is 21.1. The van der Waals surface area contributed by atoms with Gasteiger partial charge in [0.05, 0.1) is 42.7 Å². The third-order valence-electron chi connectivity index (χ3n) is 4.50. The third kappa shape index (κ3) is 3.26. The second-order valence-corrected chi connectivity index (χ2v) is 5.87. The lowest BCUT2D eigenvalue weighted by atomic mass is 10.1. The van der Waals surface area contributed by atoms with Crippen LogP contribution >= 0.6 is 0 Å². The van der Waals surface area contributed by atoms with Crippen LogP contribution in [0.1, 0.15) is 0 Å². The Hall–Kier alpha value is -3.55. The van der Waals surface area contributed by atoms with Crippen molar-refractivity contribution in [2.24, 2.45) is 0 Å². The molecule has 0 amide bonds. The molecule has 8 heteroatoms. The predicted molar refractivity (Wildman–Crippen MR) is 107 cm³/mol. The van der Waals surface area contributed by atoms with Gasteiger partial charge in [-0.25, -0.2) is 0 Å². The maximum atomic E-state index is 13.0. The standard InChI is InChI=1S/C21H22O8/c1-23-13-8-7-12-17(19(13)26-4)11(22)9-15(29-12)18-14(24-2)10-16(25-3)20(27-5)21(18)28-6/h7-10H,1-6H3. The quantitative estimate of drug-likeness (QED) is 0.594. The largest absolute Gasteiger partial charge is 0.496 e. The molecule has 2 aromatic carbocycles. The molecule has 3 rings (SSSR count). The summed E-state index contributed by atoms with van der Waals surface area (Å²) in [5.41, 5.74) is 0.432. The van der Waals surface area contributed by atoms with Crippen LogP contribution in [0.2, 0.25) is 0 Å². The van der Waals surface area contributed by atoms with E-state index in [1.807, 2.05) is 0 Å². The van der Waals surface area contributed by atoms with Crippen molar-refractivity contribution in [1.29, 1.82) is 0 Å². The second-order valence-electron chi connectivity index (χ2n) is 5.87. The summed E-state index contributed by atoms with van der Waals surface area (Å²) in [6.45, 7) is 0. The highest BCUT2D eigenvalue weighted by Crippen LogP contribution is 2.50. The number of benzene rings is 2. The molecule has 154 valence electrons. The van der Waals surface area contributed by atoms with Crippen LogP contribution in [-0.2, 0) is 0 Å². The molecule has 0 bridgehead atoms. The minimum absolute atomic E-state index is 0.240. The Morgan fingerprint density at radius 2 is 1.28 bits per heavy atom. The van der Waals surface area contributed by atoms with Crippen LogP contribution in [0.4, 0.5) is 0 Å². The van der Waals surface area contributed by atoms with E-state index in [1.165, 1.54) is 48.7 Å². The van der Waals surface area contributed by atoms with Gasteiger partial charge >= 0.3 is 0 Å². The molecule has 0 N–H and O–H groups in total. The van der Waals surface area contributed by atoms with Crippen molar-refractivity contribution in [1.82, 2.24) is 0 Å². The monoisotopic (exact) mass is 402 g/mol. The molecule has 0 unspecified atom stereocenters. The maximum absolute atomic E-state index is 13.0. The smallest absolute Gasteiger partial charge is 0.204 e. The minimum atomic E-state index is -0.309. The highest BCUT2D eigenvalue weighted by Gasteiger charge is 2.26. The molecule has 0 aliphatic heterocycles. The van der Waals surface area contributed by atoms with Crippen molar-refractivity contribution < 1.29 is 32.8 Å². The van der Waals surface area contributed by atoms with E-state index < -0.39 is 0 Å². The van der Waals surface area contributed by atoms with Gasteiger partial charge in [0.1, 0.15) is 28.0 Å². The minimum Gasteiger partial charge on any atom is -0.496 e. The van der Waals surface area contributed by atoms with Gasteiger partial charge in [0.2, 0.25) is 5.75 Å². The number of hydrogen-bond donors (Lipinski definition) is 0. The Balaban J connectivity index is 2.38. The second kappa shape index (κ2) is 8.22. The topological polar surface area (TPSA) is 85.6 Å². The average Bonchev–Trinajstić information content (AvgIpc) is 2.76. The first-order chi connectivity index (χ1) is 14.0. The van der Waals surface area contributed by atoms with Crippen molar-refractivity contribution in [3.63, 3.8) is 0 Å². The van der Waals surface area contributed by atoms with Crippen molar-refractivity contribution in [3.05, 3.63) is 34.5 Å². The van der Waals surface area contributed by atoms with Gasteiger partial charge in [0.25, 0.3) is 0 Å². The van der Waals surface area contributed by atoms with Gasteiger partial charge in [-0.1, -0.05) is 0 Å². The van der Waals surface area contributed by atoms with Crippen molar-refractivity contribution >= 4 is 11.0 Å². The first-order valence-corrected chi connectivity index (χ1v) is 8.60. The van der Waals surface area contributed by atoms with E-state index >= 15 is 0 Å². The number of ether oxygens (including phenoxy) is 6. The van der Waals surface area contributed by atoms with Gasteiger partial charge in [0.15, 0.2) is 28.4 Å². The van der Waals surface area contributed by atoms with Gasteiger partial charge in [-0.15, -0.1) is 0 Å². The molecule has 3 aromatic rings. The molecule has 29 heavy (non-hydrogen) atoms. The fourth-order valence-electron chi connectivity index (χ4n) is 3.22. The Morgan fingerprint density at radius 3 is 1.83 bits per heavy atom. The zero-order valence-electron chi connectivity index (χ0n) is 17.1. The summed E-state index contributed by atoms with van der Waals surface area (Å²) >= 11 is 0. The summed E-state index contributed by atoms with van der Waals surface area (Å²) in [4.78, 5) is 13.0. The van der Waals surface area contributed by atoms with Crippen molar-refractivity contribution in [3.8, 4) is 45.8 Å². The zero-order valence-corrected chi connectivity index (χ0v) is 17.1. The summed E-state index contributed by atoms with van der Waals surface area (Å²) in [7, 11) is 8.94. The number of methoxy groups -OCH3 is 6. The van der Waals surface area contributed by atoms with Crippen LogP contribution in [-0.4, -0.2) is 42.7 Å². The van der Waals surface area contributed by atoms with E-state index in [4.69, 9.17) is 32.8 Å². The van der Waals surface area contributed by atoms with Crippen LogP contribution in [0.15, 0.2) is 33.5 Å². The maximum Gasteiger partial charge on any atom is 0.204 e. The summed E-state index contributed by atoms with van der Waals surface area (Å²) in [6.07, 6.45) is 0. The van der Waals surface area contributed by atoms with Gasteiger partial charge < -0.3 is 32.8 Å². The van der Waals surface area contributed by atoms with E-state index in [2.05, 4.69) is 0 Å². The van der Waals surface area contributed by atoms with Gasteiger partial charge in [-0.2, -0.15) is 0 Å². The van der Waals surface area contributed by atoms with Gasteiger partial charge in [0, 0.05) is 12.1 Å². The lowest BCUT2D eigenvalue weighted by Gasteiger charge is -2.18. The van der Waals surface area contributed by atoms with Crippen LogP contribution in [0, 0.1) is 0 Å². The van der Waals surface area contributed by atoms with Gasteiger partial charge in [-0.3, -0.25) is 4.79 Å². The van der Waals surface area contributed by atoms with Crippen LogP contribution < -0.4 is 33.8 Å². The molecule has 0 saturated heterocycles. The summed E-state index contributed by atoms with van der Waals surface area (Å²) in [5.74, 6) is 2.44. The molecule has 8 nitrogen and oxygen atoms in total. The van der Waals surface area contributed by atoms with Crippen molar-refractivity contribution in [2.45, 2.75) is 0 Å². The molecule has 1 heterocycles. The van der Waals surface area contributed by atoms with E-state index in [0.29, 0.717) is 45.6 Å². The summed E-state index contributed by atoms with van der Waals surface area (Å²) in [5, 5.41) is 0.272. The van der Waals surface area contributed by atoms with E-state index in [-0.39, 0.29) is 16.6 Å².